The Morgan fingerprint density at radius 2 is 1.66 bits per heavy atom. The molecule has 2 aromatic heterocycles. The summed E-state index contributed by atoms with van der Waals surface area (Å²) in [6.07, 6.45) is -3.75. The van der Waals surface area contributed by atoms with Gasteiger partial charge in [0.1, 0.15) is 15.6 Å². The molecule has 0 radical (unpaired) electrons. The van der Waals surface area contributed by atoms with Gasteiger partial charge in [0.2, 0.25) is 0 Å². The van der Waals surface area contributed by atoms with Gasteiger partial charge in [-0.15, -0.1) is 11.3 Å². The van der Waals surface area contributed by atoms with E-state index in [0.717, 1.165) is 11.3 Å². The summed E-state index contributed by atoms with van der Waals surface area (Å²) in [6, 6.07) is 4.17. The van der Waals surface area contributed by atoms with Gasteiger partial charge in [-0.25, -0.2) is 23.0 Å². The number of nitrogens with zero attached hydrogens (tertiary/aromatic N) is 2. The molecule has 0 aromatic carbocycles. The zero-order valence-electron chi connectivity index (χ0n) is 19.1. The summed E-state index contributed by atoms with van der Waals surface area (Å²) in [4.78, 5) is 26.9. The summed E-state index contributed by atoms with van der Waals surface area (Å²) in [5, 5.41) is 16.8. The third kappa shape index (κ3) is 9.90. The predicted molar refractivity (Wildman–Crippen MR) is 127 cm³/mol. The molecule has 0 fully saturated rings. The first-order chi connectivity index (χ1) is 15.9. The lowest BCUT2D eigenvalue weighted by atomic mass is 10.1. The van der Waals surface area contributed by atoms with E-state index in [1.807, 2.05) is 32.6 Å². The van der Waals surface area contributed by atoms with Crippen LogP contribution in [0.5, 0.6) is 0 Å². The van der Waals surface area contributed by atoms with E-state index in [1.54, 1.807) is 0 Å². The molecule has 2 aromatic rings. The average molecular weight is 560 g/mol. The van der Waals surface area contributed by atoms with Crippen molar-refractivity contribution in [2.45, 2.75) is 38.1 Å². The number of carboxylic acids is 2. The third-order valence-electron chi connectivity index (χ3n) is 3.88. The summed E-state index contributed by atoms with van der Waals surface area (Å²) in [6.45, 7) is 9.46. The molecule has 35 heavy (non-hydrogen) atoms. The van der Waals surface area contributed by atoms with Crippen LogP contribution in [0.2, 0.25) is 4.34 Å². The fourth-order valence-corrected chi connectivity index (χ4v) is 5.22. The number of rotatable bonds is 9. The molecule has 0 aliphatic heterocycles. The van der Waals surface area contributed by atoms with Crippen LogP contribution in [-0.4, -0.2) is 54.8 Å². The van der Waals surface area contributed by atoms with Gasteiger partial charge in [0, 0.05) is 13.1 Å². The standard InChI is InChI=1S/C18H24ClN3O4S2.C2HF3O2/c1-11(2)9-22(10-12(3)4)17-14(18(23)24)7-13(8-20-17)21-28(25,26)16-6-5-15(19)27-16;3-2(4,5)1(6)7/h5-8,11-12,21H,9-10H2,1-4H3,(H,23,24);(H,6,7). The summed E-state index contributed by atoms with van der Waals surface area (Å²) >= 11 is 6.72. The molecular weight excluding hydrogens is 535 g/mol. The second-order valence-electron chi connectivity index (χ2n) is 8.06. The largest absolute Gasteiger partial charge is 0.490 e. The first-order valence-corrected chi connectivity index (χ1v) is 12.7. The molecule has 15 heteroatoms. The summed E-state index contributed by atoms with van der Waals surface area (Å²) in [5.74, 6) is -2.97. The zero-order valence-corrected chi connectivity index (χ0v) is 21.5. The topological polar surface area (TPSA) is 137 Å². The van der Waals surface area contributed by atoms with Gasteiger partial charge in [-0.1, -0.05) is 39.3 Å². The summed E-state index contributed by atoms with van der Waals surface area (Å²) < 4.78 is 59.4. The minimum Gasteiger partial charge on any atom is -0.478 e. The molecule has 2 heterocycles. The fourth-order valence-electron chi connectivity index (χ4n) is 2.70. The molecule has 2 rings (SSSR count). The maximum absolute atomic E-state index is 12.5. The van der Waals surface area contributed by atoms with Crippen molar-refractivity contribution in [3.8, 4) is 0 Å². The lowest BCUT2D eigenvalue weighted by Gasteiger charge is -2.28. The van der Waals surface area contributed by atoms with Gasteiger partial charge in [-0.05, 0) is 30.0 Å². The number of aliphatic carboxylic acids is 1. The van der Waals surface area contributed by atoms with Crippen LogP contribution in [0.3, 0.4) is 0 Å². The molecule has 9 nitrogen and oxygen atoms in total. The molecule has 0 unspecified atom stereocenters. The van der Waals surface area contributed by atoms with E-state index in [-0.39, 0.29) is 15.5 Å². The first kappa shape index (κ1) is 30.5. The van der Waals surface area contributed by atoms with Crippen LogP contribution in [0.4, 0.5) is 24.7 Å². The highest BCUT2D eigenvalue weighted by atomic mass is 35.5. The van der Waals surface area contributed by atoms with E-state index < -0.39 is 28.1 Å². The number of anilines is 2. The quantitative estimate of drug-likeness (QED) is 0.388. The number of hydrogen-bond acceptors (Lipinski definition) is 7. The van der Waals surface area contributed by atoms with Crippen molar-refractivity contribution in [3.63, 3.8) is 0 Å². The smallest absolute Gasteiger partial charge is 0.478 e. The predicted octanol–water partition coefficient (Wildman–Crippen LogP) is 5.05. The minimum atomic E-state index is -5.08. The summed E-state index contributed by atoms with van der Waals surface area (Å²) in [5.41, 5.74) is 0.0328. The maximum atomic E-state index is 12.5. The SMILES string of the molecule is CC(C)CN(CC(C)C)c1ncc(NS(=O)(=O)c2ccc(Cl)s2)cc1C(=O)O.O=C(O)C(F)(F)F. The number of aromatic carboxylic acids is 1. The monoisotopic (exact) mass is 559 g/mol. The van der Waals surface area contributed by atoms with Crippen LogP contribution in [0.1, 0.15) is 38.1 Å². The first-order valence-electron chi connectivity index (χ1n) is 10.0. The van der Waals surface area contributed by atoms with E-state index in [9.17, 15) is 31.5 Å². The van der Waals surface area contributed by atoms with E-state index in [2.05, 4.69) is 9.71 Å². The van der Waals surface area contributed by atoms with Gasteiger partial charge in [0.25, 0.3) is 10.0 Å². The Morgan fingerprint density at radius 3 is 2.03 bits per heavy atom. The van der Waals surface area contributed by atoms with Crippen LogP contribution < -0.4 is 9.62 Å². The highest BCUT2D eigenvalue weighted by molar-refractivity contribution is 7.94. The molecule has 3 N–H and O–H groups in total. The molecule has 0 saturated heterocycles. The van der Waals surface area contributed by atoms with Gasteiger partial charge in [-0.2, -0.15) is 13.2 Å². The molecule has 0 spiro atoms. The number of nitrogens with one attached hydrogen (secondary N) is 1. The van der Waals surface area contributed by atoms with Gasteiger partial charge in [0.15, 0.2) is 0 Å². The van der Waals surface area contributed by atoms with Crippen molar-refractivity contribution < 1.29 is 41.4 Å². The number of aromatic nitrogens is 1. The Morgan fingerprint density at radius 1 is 1.14 bits per heavy atom. The third-order valence-corrected chi connectivity index (χ3v) is 6.98. The van der Waals surface area contributed by atoms with E-state index in [0.29, 0.717) is 35.1 Å². The molecule has 0 amide bonds. The number of alkyl halides is 3. The lowest BCUT2D eigenvalue weighted by molar-refractivity contribution is -0.192. The van der Waals surface area contributed by atoms with Crippen LogP contribution >= 0.6 is 22.9 Å². The molecule has 0 atom stereocenters. The van der Waals surface area contributed by atoms with Crippen molar-refractivity contribution in [1.29, 1.82) is 0 Å². The Balaban J connectivity index is 0.000000762. The van der Waals surface area contributed by atoms with Gasteiger partial charge in [0.05, 0.1) is 16.2 Å². The number of sulfonamides is 1. The number of carboxylic acid groups (broad SMARTS) is 2. The van der Waals surface area contributed by atoms with E-state index in [4.69, 9.17) is 21.5 Å². The normalized spacial score (nSPS) is 11.7. The fraction of sp³-hybridized carbons (Fsp3) is 0.450. The molecule has 0 aliphatic rings. The van der Waals surface area contributed by atoms with Crippen molar-refractivity contribution in [2.75, 3.05) is 22.7 Å². The van der Waals surface area contributed by atoms with E-state index >= 15 is 0 Å². The summed E-state index contributed by atoms with van der Waals surface area (Å²) in [7, 11) is -3.87. The molecule has 0 saturated carbocycles. The van der Waals surface area contributed by atoms with Gasteiger partial charge >= 0.3 is 18.1 Å². The minimum absolute atomic E-state index is 0.0414. The van der Waals surface area contributed by atoms with Crippen LogP contribution in [0, 0.1) is 11.8 Å². The Hall–Kier alpha value is -2.58. The number of hydrogen-bond donors (Lipinski definition) is 3. The van der Waals surface area contributed by atoms with Crippen molar-refractivity contribution in [1.82, 2.24) is 4.98 Å². The Bertz CT molecular complexity index is 1130. The number of pyridine rings is 1. The van der Waals surface area contributed by atoms with Crippen LogP contribution in [-0.2, 0) is 14.8 Å². The molecule has 196 valence electrons. The van der Waals surface area contributed by atoms with Crippen LogP contribution in [0.25, 0.3) is 0 Å². The number of halogens is 4. The Kier molecular flexibility index (Phi) is 10.8. The molecule has 0 aliphatic carbocycles. The van der Waals surface area contributed by atoms with Crippen molar-refractivity contribution in [3.05, 3.63) is 34.3 Å². The second kappa shape index (κ2) is 12.4. The maximum Gasteiger partial charge on any atom is 0.490 e. The zero-order chi connectivity index (χ0) is 27.1. The molecule has 0 bridgehead atoms. The molecular formula is C20H25ClF3N3O6S2. The van der Waals surface area contributed by atoms with Crippen molar-refractivity contribution in [2.24, 2.45) is 11.8 Å². The van der Waals surface area contributed by atoms with Crippen molar-refractivity contribution >= 4 is 56.4 Å². The lowest BCUT2D eigenvalue weighted by Crippen LogP contribution is -2.33. The van der Waals surface area contributed by atoms with Gasteiger partial charge < -0.3 is 15.1 Å². The Labute approximate surface area is 209 Å². The van der Waals surface area contributed by atoms with Crippen LogP contribution in [0.15, 0.2) is 28.6 Å². The van der Waals surface area contributed by atoms with E-state index in [1.165, 1.54) is 24.4 Å². The highest BCUT2D eigenvalue weighted by Crippen LogP contribution is 2.29. The van der Waals surface area contributed by atoms with Gasteiger partial charge in [-0.3, -0.25) is 4.72 Å². The number of carbonyl (C=O) groups is 2. The number of thiophene rings is 1. The average Bonchev–Trinajstić information content (AvgIpc) is 3.13. The highest BCUT2D eigenvalue weighted by Gasteiger charge is 2.38. The second-order valence-corrected chi connectivity index (χ2v) is 11.7.